The summed E-state index contributed by atoms with van der Waals surface area (Å²) < 4.78 is 18.9. The molecule has 0 aliphatic carbocycles. The number of nitrogens with one attached hydrogen (secondary N) is 2. The first-order valence-corrected chi connectivity index (χ1v) is 9.24. The normalized spacial score (nSPS) is 20.5. The van der Waals surface area contributed by atoms with Crippen LogP contribution in [0.3, 0.4) is 0 Å². The zero-order valence-corrected chi connectivity index (χ0v) is 17.8. The number of nitrogens with zero attached hydrogens (tertiary/aromatic N) is 2. The maximum Gasteiger partial charge on any atom is 0.191 e. The molecule has 146 valence electrons. The Labute approximate surface area is 172 Å². The minimum Gasteiger partial charge on any atom is -0.381 e. The van der Waals surface area contributed by atoms with Crippen molar-refractivity contribution < 1.29 is 9.13 Å². The Morgan fingerprint density at radius 2 is 1.96 bits per heavy atom. The number of rotatable bonds is 5. The lowest BCUT2D eigenvalue weighted by Gasteiger charge is -2.45. The van der Waals surface area contributed by atoms with E-state index in [1.807, 2.05) is 6.07 Å². The molecule has 3 rings (SSSR count). The molecule has 1 aromatic rings. The van der Waals surface area contributed by atoms with Gasteiger partial charge in [0.2, 0.25) is 0 Å². The summed E-state index contributed by atoms with van der Waals surface area (Å²) in [6.07, 6.45) is 4.69. The molecular weight excluding hydrogens is 446 g/mol. The molecule has 2 fully saturated rings. The maximum absolute atomic E-state index is 13.3. The smallest absolute Gasteiger partial charge is 0.191 e. The van der Waals surface area contributed by atoms with Gasteiger partial charge in [0.25, 0.3) is 0 Å². The van der Waals surface area contributed by atoms with Crippen molar-refractivity contribution in [3.05, 3.63) is 35.6 Å². The molecule has 0 spiro atoms. The molecule has 26 heavy (non-hydrogen) atoms. The summed E-state index contributed by atoms with van der Waals surface area (Å²) in [6.45, 7) is 5.42. The molecular formula is C19H30FIN4O. The molecule has 2 aliphatic heterocycles. The zero-order valence-electron chi connectivity index (χ0n) is 15.5. The zero-order chi connectivity index (χ0) is 17.5. The van der Waals surface area contributed by atoms with E-state index in [1.165, 1.54) is 32.0 Å². The molecule has 0 amide bonds. The number of ether oxygens (including phenoxy) is 1. The van der Waals surface area contributed by atoms with Crippen LogP contribution in [0.15, 0.2) is 29.3 Å². The molecule has 0 aromatic heterocycles. The summed E-state index contributed by atoms with van der Waals surface area (Å²) in [5, 5.41) is 6.77. The van der Waals surface area contributed by atoms with Crippen LogP contribution >= 0.6 is 24.0 Å². The molecule has 2 heterocycles. The maximum atomic E-state index is 13.3. The Balaban J connectivity index is 0.00000243. The van der Waals surface area contributed by atoms with Crippen LogP contribution < -0.4 is 10.6 Å². The summed E-state index contributed by atoms with van der Waals surface area (Å²) in [5.41, 5.74) is 1.06. The van der Waals surface area contributed by atoms with Crippen molar-refractivity contribution >= 4 is 29.9 Å². The van der Waals surface area contributed by atoms with Gasteiger partial charge in [-0.1, -0.05) is 12.1 Å². The SMILES string of the molecule is CN=C(NCc1cccc(F)c1)NCC1(N2CCCC2)CCOCC1.I. The second kappa shape index (κ2) is 10.4. The molecule has 7 heteroatoms. The molecule has 0 atom stereocenters. The highest BCUT2D eigenvalue weighted by molar-refractivity contribution is 14.0. The molecule has 1 aromatic carbocycles. The lowest BCUT2D eigenvalue weighted by molar-refractivity contribution is -0.0164. The Morgan fingerprint density at radius 1 is 1.23 bits per heavy atom. The second-order valence-corrected chi connectivity index (χ2v) is 6.94. The van der Waals surface area contributed by atoms with Gasteiger partial charge in [-0.25, -0.2) is 4.39 Å². The van der Waals surface area contributed by atoms with E-state index in [1.54, 1.807) is 19.2 Å². The van der Waals surface area contributed by atoms with Crippen molar-refractivity contribution in [2.45, 2.75) is 37.8 Å². The highest BCUT2D eigenvalue weighted by atomic mass is 127. The lowest BCUT2D eigenvalue weighted by atomic mass is 9.88. The van der Waals surface area contributed by atoms with E-state index in [-0.39, 0.29) is 35.3 Å². The summed E-state index contributed by atoms with van der Waals surface area (Å²) in [7, 11) is 1.77. The summed E-state index contributed by atoms with van der Waals surface area (Å²) in [5.74, 6) is 0.548. The predicted octanol–water partition coefficient (Wildman–Crippen LogP) is 2.75. The van der Waals surface area contributed by atoms with Crippen LogP contribution in [0, 0.1) is 5.82 Å². The van der Waals surface area contributed by atoms with E-state index < -0.39 is 0 Å². The third-order valence-corrected chi connectivity index (χ3v) is 5.36. The highest BCUT2D eigenvalue weighted by Gasteiger charge is 2.39. The minimum absolute atomic E-state index is 0. The van der Waals surface area contributed by atoms with Crippen LogP contribution in [0.25, 0.3) is 0 Å². The van der Waals surface area contributed by atoms with Crippen LogP contribution in [0.5, 0.6) is 0 Å². The Morgan fingerprint density at radius 3 is 2.62 bits per heavy atom. The Bertz CT molecular complexity index is 587. The number of halogens is 2. The van der Waals surface area contributed by atoms with Gasteiger partial charge in [0.15, 0.2) is 5.96 Å². The molecule has 0 radical (unpaired) electrons. The predicted molar refractivity (Wildman–Crippen MR) is 114 cm³/mol. The monoisotopic (exact) mass is 476 g/mol. The van der Waals surface area contributed by atoms with E-state index in [0.29, 0.717) is 6.54 Å². The lowest BCUT2D eigenvalue weighted by Crippen LogP contribution is -2.58. The molecule has 2 saturated heterocycles. The number of aliphatic imine (C=N–C) groups is 1. The fourth-order valence-electron chi connectivity index (χ4n) is 3.85. The van der Waals surface area contributed by atoms with Crippen molar-refractivity contribution in [2.75, 3.05) is 39.9 Å². The number of hydrogen-bond acceptors (Lipinski definition) is 3. The molecule has 2 aliphatic rings. The van der Waals surface area contributed by atoms with E-state index in [0.717, 1.165) is 44.1 Å². The van der Waals surface area contributed by atoms with Gasteiger partial charge in [-0.05, 0) is 56.5 Å². The van der Waals surface area contributed by atoms with Gasteiger partial charge >= 0.3 is 0 Å². The quantitative estimate of drug-likeness (QED) is 0.390. The van der Waals surface area contributed by atoms with Crippen LogP contribution in [-0.4, -0.2) is 56.3 Å². The van der Waals surface area contributed by atoms with Crippen molar-refractivity contribution in [3.63, 3.8) is 0 Å². The molecule has 2 N–H and O–H groups in total. The summed E-state index contributed by atoms with van der Waals surface area (Å²) in [6, 6.07) is 6.65. The average molecular weight is 476 g/mol. The topological polar surface area (TPSA) is 48.9 Å². The highest BCUT2D eigenvalue weighted by Crippen LogP contribution is 2.30. The van der Waals surface area contributed by atoms with E-state index in [2.05, 4.69) is 20.5 Å². The Kier molecular flexibility index (Phi) is 8.56. The van der Waals surface area contributed by atoms with Crippen LogP contribution in [0.1, 0.15) is 31.2 Å². The summed E-state index contributed by atoms with van der Waals surface area (Å²) >= 11 is 0. The minimum atomic E-state index is -0.211. The molecule has 0 unspecified atom stereocenters. The van der Waals surface area contributed by atoms with Crippen LogP contribution in [-0.2, 0) is 11.3 Å². The fourth-order valence-corrected chi connectivity index (χ4v) is 3.85. The standard InChI is InChI=1S/C19H29FN4O.HI/c1-21-18(22-14-16-5-4-6-17(20)13-16)23-15-19(7-11-25-12-8-19)24-9-2-3-10-24;/h4-6,13H,2-3,7-12,14-15H2,1H3,(H2,21,22,23);1H. The average Bonchev–Trinajstić information content (AvgIpc) is 3.18. The van der Waals surface area contributed by atoms with E-state index >= 15 is 0 Å². The molecule has 5 nitrogen and oxygen atoms in total. The van der Waals surface area contributed by atoms with Gasteiger partial charge in [-0.15, -0.1) is 24.0 Å². The fraction of sp³-hybridized carbons (Fsp3) is 0.632. The van der Waals surface area contributed by atoms with Crippen LogP contribution in [0.4, 0.5) is 4.39 Å². The number of likely N-dealkylation sites (tertiary alicyclic amines) is 1. The van der Waals surface area contributed by atoms with Gasteiger partial charge < -0.3 is 15.4 Å². The van der Waals surface area contributed by atoms with Crippen molar-refractivity contribution in [1.82, 2.24) is 15.5 Å². The van der Waals surface area contributed by atoms with Gasteiger partial charge in [0, 0.05) is 38.9 Å². The van der Waals surface area contributed by atoms with E-state index in [9.17, 15) is 4.39 Å². The first-order chi connectivity index (χ1) is 12.2. The second-order valence-electron chi connectivity index (χ2n) is 6.94. The van der Waals surface area contributed by atoms with Crippen molar-refractivity contribution in [3.8, 4) is 0 Å². The van der Waals surface area contributed by atoms with E-state index in [4.69, 9.17) is 4.74 Å². The van der Waals surface area contributed by atoms with Gasteiger partial charge in [0.05, 0.1) is 0 Å². The number of benzene rings is 1. The first-order valence-electron chi connectivity index (χ1n) is 9.24. The first kappa shape index (κ1) is 21.4. The molecule has 0 bridgehead atoms. The third kappa shape index (κ3) is 5.53. The Hall–Kier alpha value is -0.930. The third-order valence-electron chi connectivity index (χ3n) is 5.36. The van der Waals surface area contributed by atoms with Gasteiger partial charge in [-0.3, -0.25) is 9.89 Å². The summed E-state index contributed by atoms with van der Waals surface area (Å²) in [4.78, 5) is 6.95. The van der Waals surface area contributed by atoms with Crippen molar-refractivity contribution in [1.29, 1.82) is 0 Å². The molecule has 0 saturated carbocycles. The number of guanidine groups is 1. The largest absolute Gasteiger partial charge is 0.381 e. The van der Waals surface area contributed by atoms with Gasteiger partial charge in [-0.2, -0.15) is 0 Å². The van der Waals surface area contributed by atoms with Crippen molar-refractivity contribution in [2.24, 2.45) is 4.99 Å². The number of hydrogen-bond donors (Lipinski definition) is 2. The van der Waals surface area contributed by atoms with Crippen LogP contribution in [0.2, 0.25) is 0 Å². The van der Waals surface area contributed by atoms with Gasteiger partial charge in [0.1, 0.15) is 5.82 Å².